The standard InChI is InChI=1S/C19H26N4O3S/c1-3-27(25,26)23-11-8-17(9-12-23)19(24)21-15(2)16-4-6-18(7-5-16)22-13-10-20-14-22/h4-7,10,13-15,17H,3,8-9,11-12H2,1-2H3,(H,21,24)/t15-/m0/s1. The zero-order valence-corrected chi connectivity index (χ0v) is 16.5. The van der Waals surface area contributed by atoms with Gasteiger partial charge in [-0.25, -0.2) is 17.7 Å². The Labute approximate surface area is 160 Å². The average Bonchev–Trinajstić information content (AvgIpc) is 3.23. The number of hydrogen-bond acceptors (Lipinski definition) is 4. The Balaban J connectivity index is 1.55. The molecule has 1 N–H and O–H groups in total. The Morgan fingerprint density at radius 3 is 2.48 bits per heavy atom. The number of amides is 1. The number of carbonyl (C=O) groups is 1. The summed E-state index contributed by atoms with van der Waals surface area (Å²) in [6, 6.07) is 7.88. The predicted molar refractivity (Wildman–Crippen MR) is 104 cm³/mol. The zero-order valence-electron chi connectivity index (χ0n) is 15.7. The van der Waals surface area contributed by atoms with Crippen molar-refractivity contribution in [3.05, 3.63) is 48.5 Å². The quantitative estimate of drug-likeness (QED) is 0.819. The fourth-order valence-electron chi connectivity index (χ4n) is 3.34. The number of rotatable bonds is 6. The van der Waals surface area contributed by atoms with E-state index in [9.17, 15) is 13.2 Å². The number of nitrogens with one attached hydrogen (secondary N) is 1. The summed E-state index contributed by atoms with van der Waals surface area (Å²) in [5.41, 5.74) is 2.04. The monoisotopic (exact) mass is 390 g/mol. The van der Waals surface area contributed by atoms with E-state index < -0.39 is 10.0 Å². The molecule has 0 bridgehead atoms. The van der Waals surface area contributed by atoms with Gasteiger partial charge in [-0.3, -0.25) is 4.79 Å². The molecule has 1 fully saturated rings. The van der Waals surface area contributed by atoms with Crippen LogP contribution in [-0.2, 0) is 14.8 Å². The van der Waals surface area contributed by atoms with Gasteiger partial charge in [-0.15, -0.1) is 0 Å². The minimum absolute atomic E-state index is 0.00488. The van der Waals surface area contributed by atoms with Crippen LogP contribution >= 0.6 is 0 Å². The molecule has 1 aromatic heterocycles. The van der Waals surface area contributed by atoms with Crippen LogP contribution in [0.4, 0.5) is 0 Å². The Hall–Kier alpha value is -2.19. The molecule has 0 aliphatic carbocycles. The van der Waals surface area contributed by atoms with Crippen LogP contribution in [0.1, 0.15) is 38.3 Å². The molecule has 8 heteroatoms. The molecule has 0 unspecified atom stereocenters. The smallest absolute Gasteiger partial charge is 0.223 e. The van der Waals surface area contributed by atoms with E-state index in [1.807, 2.05) is 42.0 Å². The van der Waals surface area contributed by atoms with Gasteiger partial charge < -0.3 is 9.88 Å². The molecular weight excluding hydrogens is 364 g/mol. The summed E-state index contributed by atoms with van der Waals surface area (Å²) >= 11 is 0. The van der Waals surface area contributed by atoms with Gasteiger partial charge in [0.1, 0.15) is 0 Å². The Bertz CT molecular complexity index is 855. The molecular formula is C19H26N4O3S. The summed E-state index contributed by atoms with van der Waals surface area (Å²) in [6.07, 6.45) is 6.49. The number of imidazole rings is 1. The zero-order chi connectivity index (χ0) is 19.4. The number of benzene rings is 1. The molecule has 7 nitrogen and oxygen atoms in total. The van der Waals surface area contributed by atoms with Crippen LogP contribution in [0.25, 0.3) is 5.69 Å². The van der Waals surface area contributed by atoms with E-state index in [1.165, 1.54) is 4.31 Å². The van der Waals surface area contributed by atoms with Crippen LogP contribution in [0.2, 0.25) is 0 Å². The number of carbonyl (C=O) groups excluding carboxylic acids is 1. The first kappa shape index (κ1) is 19.6. The van der Waals surface area contributed by atoms with E-state index in [-0.39, 0.29) is 23.6 Å². The second-order valence-corrected chi connectivity index (χ2v) is 9.12. The fourth-order valence-corrected chi connectivity index (χ4v) is 4.47. The Morgan fingerprint density at radius 1 is 1.26 bits per heavy atom. The minimum atomic E-state index is -3.16. The van der Waals surface area contributed by atoms with Crippen LogP contribution < -0.4 is 5.32 Å². The van der Waals surface area contributed by atoms with Gasteiger partial charge in [-0.1, -0.05) is 12.1 Å². The second kappa shape index (κ2) is 8.22. The SMILES string of the molecule is CCS(=O)(=O)N1CCC(C(=O)N[C@@H](C)c2ccc(-n3ccnc3)cc2)CC1. The molecule has 146 valence electrons. The molecule has 3 rings (SSSR count). The van der Waals surface area contributed by atoms with Crippen LogP contribution in [0, 0.1) is 5.92 Å². The molecule has 0 radical (unpaired) electrons. The summed E-state index contributed by atoms with van der Waals surface area (Å²) in [6.45, 7) is 4.44. The van der Waals surface area contributed by atoms with E-state index in [0.717, 1.165) is 11.3 Å². The summed E-state index contributed by atoms with van der Waals surface area (Å²) in [5.74, 6) is -0.0358. The van der Waals surface area contributed by atoms with Crippen molar-refractivity contribution < 1.29 is 13.2 Å². The third-order valence-corrected chi connectivity index (χ3v) is 7.02. The summed E-state index contributed by atoms with van der Waals surface area (Å²) in [7, 11) is -3.16. The van der Waals surface area contributed by atoms with Crippen molar-refractivity contribution in [1.82, 2.24) is 19.2 Å². The largest absolute Gasteiger partial charge is 0.349 e. The van der Waals surface area contributed by atoms with Gasteiger partial charge in [0.05, 0.1) is 18.1 Å². The topological polar surface area (TPSA) is 84.3 Å². The van der Waals surface area contributed by atoms with E-state index in [0.29, 0.717) is 25.9 Å². The average molecular weight is 391 g/mol. The third-order valence-electron chi connectivity index (χ3n) is 5.14. The van der Waals surface area contributed by atoms with Gasteiger partial charge in [-0.2, -0.15) is 0 Å². The number of aromatic nitrogens is 2. The van der Waals surface area contributed by atoms with Crippen molar-refractivity contribution in [3.8, 4) is 5.69 Å². The molecule has 1 aromatic carbocycles. The Morgan fingerprint density at radius 2 is 1.93 bits per heavy atom. The number of hydrogen-bond donors (Lipinski definition) is 1. The molecule has 1 amide bonds. The van der Waals surface area contributed by atoms with Gasteiger partial charge in [-0.05, 0) is 44.4 Å². The maximum atomic E-state index is 12.6. The molecule has 2 aromatic rings. The summed E-state index contributed by atoms with van der Waals surface area (Å²) < 4.78 is 27.3. The van der Waals surface area contributed by atoms with Crippen molar-refractivity contribution in [3.63, 3.8) is 0 Å². The molecule has 1 atom stereocenters. The first-order chi connectivity index (χ1) is 12.9. The lowest BCUT2D eigenvalue weighted by Gasteiger charge is -2.31. The number of nitrogens with zero attached hydrogens (tertiary/aromatic N) is 3. The highest BCUT2D eigenvalue weighted by atomic mass is 32.2. The highest BCUT2D eigenvalue weighted by molar-refractivity contribution is 7.89. The van der Waals surface area contributed by atoms with Crippen LogP contribution in [0.15, 0.2) is 43.0 Å². The van der Waals surface area contributed by atoms with Crippen molar-refractivity contribution in [2.24, 2.45) is 5.92 Å². The minimum Gasteiger partial charge on any atom is -0.349 e. The van der Waals surface area contributed by atoms with Gasteiger partial charge in [0.25, 0.3) is 0 Å². The lowest BCUT2D eigenvalue weighted by atomic mass is 9.96. The van der Waals surface area contributed by atoms with Gasteiger partial charge in [0, 0.05) is 37.1 Å². The normalized spacial score (nSPS) is 17.6. The lowest BCUT2D eigenvalue weighted by molar-refractivity contribution is -0.126. The van der Waals surface area contributed by atoms with Crippen molar-refractivity contribution in [1.29, 1.82) is 0 Å². The molecule has 1 aliphatic heterocycles. The molecule has 0 spiro atoms. The molecule has 0 saturated carbocycles. The highest BCUT2D eigenvalue weighted by Crippen LogP contribution is 2.22. The third kappa shape index (κ3) is 4.56. The number of piperidine rings is 1. The van der Waals surface area contributed by atoms with E-state index in [4.69, 9.17) is 0 Å². The second-order valence-electron chi connectivity index (χ2n) is 6.87. The maximum Gasteiger partial charge on any atom is 0.223 e. The molecule has 1 saturated heterocycles. The first-order valence-corrected chi connectivity index (χ1v) is 10.9. The van der Waals surface area contributed by atoms with Crippen molar-refractivity contribution >= 4 is 15.9 Å². The first-order valence-electron chi connectivity index (χ1n) is 9.27. The van der Waals surface area contributed by atoms with E-state index in [1.54, 1.807) is 19.4 Å². The summed E-state index contributed by atoms with van der Waals surface area (Å²) in [5, 5.41) is 3.06. The number of sulfonamides is 1. The van der Waals surface area contributed by atoms with Crippen LogP contribution in [0.3, 0.4) is 0 Å². The summed E-state index contributed by atoms with van der Waals surface area (Å²) in [4.78, 5) is 16.6. The van der Waals surface area contributed by atoms with Crippen LogP contribution in [-0.4, -0.2) is 47.0 Å². The molecule has 1 aliphatic rings. The fraction of sp³-hybridized carbons (Fsp3) is 0.474. The maximum absolute atomic E-state index is 12.6. The van der Waals surface area contributed by atoms with Crippen LogP contribution in [0.5, 0.6) is 0 Å². The van der Waals surface area contributed by atoms with Gasteiger partial charge in [0.15, 0.2) is 0 Å². The van der Waals surface area contributed by atoms with Gasteiger partial charge in [0.2, 0.25) is 15.9 Å². The molecule has 27 heavy (non-hydrogen) atoms. The van der Waals surface area contributed by atoms with Crippen molar-refractivity contribution in [2.45, 2.75) is 32.7 Å². The van der Waals surface area contributed by atoms with E-state index >= 15 is 0 Å². The Kier molecular flexibility index (Phi) is 5.96. The lowest BCUT2D eigenvalue weighted by Crippen LogP contribution is -2.43. The highest BCUT2D eigenvalue weighted by Gasteiger charge is 2.30. The van der Waals surface area contributed by atoms with Gasteiger partial charge >= 0.3 is 0 Å². The van der Waals surface area contributed by atoms with E-state index in [2.05, 4.69) is 10.3 Å². The molecule has 2 heterocycles. The predicted octanol–water partition coefficient (Wildman–Crippen LogP) is 2.11. The van der Waals surface area contributed by atoms with Crippen molar-refractivity contribution in [2.75, 3.05) is 18.8 Å².